The zero-order chi connectivity index (χ0) is 18.5. The lowest BCUT2D eigenvalue weighted by atomic mass is 9.63. The molecule has 2 bridgehead atoms. The van der Waals surface area contributed by atoms with Crippen LogP contribution in [0.15, 0.2) is 47.7 Å². The van der Waals surface area contributed by atoms with Crippen LogP contribution in [0.5, 0.6) is 0 Å². The van der Waals surface area contributed by atoms with Gasteiger partial charge in [-0.25, -0.2) is 0 Å². The summed E-state index contributed by atoms with van der Waals surface area (Å²) in [5.41, 5.74) is 1.85. The molecule has 2 heterocycles. The first-order valence-corrected chi connectivity index (χ1v) is 9.30. The number of carbonyl (C=O) groups excluding carboxylic acids is 2. The molecule has 1 saturated heterocycles. The summed E-state index contributed by atoms with van der Waals surface area (Å²) in [5.74, 6) is 2.21. The van der Waals surface area contributed by atoms with E-state index in [1.165, 1.54) is 0 Å². The third-order valence-electron chi connectivity index (χ3n) is 6.13. The number of para-hydroxylation sites is 1. The van der Waals surface area contributed by atoms with Crippen molar-refractivity contribution in [2.75, 3.05) is 0 Å². The van der Waals surface area contributed by atoms with Gasteiger partial charge in [0.15, 0.2) is 0 Å². The van der Waals surface area contributed by atoms with Crippen LogP contribution < -0.4 is 0 Å². The van der Waals surface area contributed by atoms with Gasteiger partial charge in [0.25, 0.3) is 11.8 Å². The van der Waals surface area contributed by atoms with E-state index < -0.39 is 0 Å². The second-order valence-corrected chi connectivity index (χ2v) is 7.51. The van der Waals surface area contributed by atoms with Crippen LogP contribution in [0.1, 0.15) is 18.4 Å². The molecule has 0 N–H and O–H groups in total. The minimum Gasteiger partial charge on any atom is -0.335 e. The summed E-state index contributed by atoms with van der Waals surface area (Å²) in [6.45, 7) is 0.453. The number of allylic oxidation sites excluding steroid dienone is 2. The van der Waals surface area contributed by atoms with E-state index in [0.29, 0.717) is 6.54 Å². The van der Waals surface area contributed by atoms with Crippen molar-refractivity contribution in [3.8, 4) is 12.3 Å². The standard InChI is InChI=1S/C22H19N3O2/c1-2-11-24-13-16(17-5-3-4-6-18(17)24)12-23-25-21(26)19-14-7-8-15(10-9-14)20(19)22(25)27/h1,3-8,12-15,19-20H,9-11H2/b23-12+. The average molecular weight is 357 g/mol. The highest BCUT2D eigenvalue weighted by molar-refractivity contribution is 6.07. The molecule has 6 rings (SSSR count). The van der Waals surface area contributed by atoms with Gasteiger partial charge >= 0.3 is 0 Å². The number of rotatable bonds is 3. The molecule has 5 nitrogen and oxygen atoms in total. The van der Waals surface area contributed by atoms with Crippen molar-refractivity contribution in [2.45, 2.75) is 19.4 Å². The largest absolute Gasteiger partial charge is 0.335 e. The summed E-state index contributed by atoms with van der Waals surface area (Å²) in [6, 6.07) is 7.89. The number of hydrazone groups is 1. The highest BCUT2D eigenvalue weighted by Crippen LogP contribution is 2.49. The van der Waals surface area contributed by atoms with Gasteiger partial charge in [-0.05, 0) is 30.7 Å². The van der Waals surface area contributed by atoms with Gasteiger partial charge in [0.1, 0.15) is 0 Å². The molecular weight excluding hydrogens is 338 g/mol. The third kappa shape index (κ3) is 2.30. The van der Waals surface area contributed by atoms with Crippen molar-refractivity contribution < 1.29 is 9.59 Å². The predicted molar refractivity (Wildman–Crippen MR) is 103 cm³/mol. The lowest BCUT2D eigenvalue weighted by Crippen LogP contribution is -2.38. The van der Waals surface area contributed by atoms with Gasteiger partial charge in [-0.2, -0.15) is 10.1 Å². The fraction of sp³-hybridized carbons (Fsp3) is 0.318. The molecule has 134 valence electrons. The number of hydrogen-bond donors (Lipinski definition) is 0. The van der Waals surface area contributed by atoms with Crippen molar-refractivity contribution in [2.24, 2.45) is 28.8 Å². The van der Waals surface area contributed by atoms with Gasteiger partial charge in [-0.15, -0.1) is 6.42 Å². The number of fused-ring (bicyclic) bond motifs is 2. The van der Waals surface area contributed by atoms with E-state index in [4.69, 9.17) is 6.42 Å². The molecule has 2 aromatic rings. The number of imide groups is 1. The first-order valence-electron chi connectivity index (χ1n) is 9.30. The Morgan fingerprint density at radius 2 is 1.78 bits per heavy atom. The van der Waals surface area contributed by atoms with Crippen LogP contribution in [0.3, 0.4) is 0 Å². The molecule has 4 aliphatic rings. The maximum Gasteiger partial charge on any atom is 0.254 e. The van der Waals surface area contributed by atoms with Crippen molar-refractivity contribution in [3.05, 3.63) is 48.2 Å². The minimum atomic E-state index is -0.235. The fourth-order valence-corrected chi connectivity index (χ4v) is 4.90. The smallest absolute Gasteiger partial charge is 0.254 e. The quantitative estimate of drug-likeness (QED) is 0.367. The van der Waals surface area contributed by atoms with Crippen molar-refractivity contribution in [1.29, 1.82) is 0 Å². The first kappa shape index (κ1) is 16.1. The Balaban J connectivity index is 1.49. The van der Waals surface area contributed by atoms with Gasteiger partial charge in [0.2, 0.25) is 0 Å². The summed E-state index contributed by atoms with van der Waals surface area (Å²) >= 11 is 0. The summed E-state index contributed by atoms with van der Waals surface area (Å²) in [5, 5.41) is 6.41. The molecule has 5 heteroatoms. The van der Waals surface area contributed by atoms with Gasteiger partial charge in [-0.3, -0.25) is 9.59 Å². The van der Waals surface area contributed by atoms with E-state index in [2.05, 4.69) is 23.2 Å². The monoisotopic (exact) mass is 357 g/mol. The predicted octanol–water partition coefficient (Wildman–Crippen LogP) is 2.81. The molecule has 0 spiro atoms. The summed E-state index contributed by atoms with van der Waals surface area (Å²) in [4.78, 5) is 25.7. The highest BCUT2D eigenvalue weighted by atomic mass is 16.2. The van der Waals surface area contributed by atoms with Crippen LogP contribution >= 0.6 is 0 Å². The molecule has 1 aromatic carbocycles. The lowest BCUT2D eigenvalue weighted by molar-refractivity contribution is -0.140. The molecule has 4 unspecified atom stereocenters. The second-order valence-electron chi connectivity index (χ2n) is 7.51. The number of terminal acetylenes is 1. The Kier molecular flexibility index (Phi) is 3.54. The molecule has 1 aliphatic heterocycles. The number of carbonyl (C=O) groups is 2. The first-order chi connectivity index (χ1) is 13.2. The zero-order valence-corrected chi connectivity index (χ0v) is 14.8. The Morgan fingerprint density at radius 3 is 2.41 bits per heavy atom. The average Bonchev–Trinajstić information content (AvgIpc) is 3.19. The topological polar surface area (TPSA) is 54.7 Å². The summed E-state index contributed by atoms with van der Waals surface area (Å²) in [6.07, 6.45) is 15.2. The molecular formula is C22H19N3O2. The Bertz CT molecular complexity index is 1020. The molecule has 2 fully saturated rings. The van der Waals surface area contributed by atoms with Gasteiger partial charge in [0, 0.05) is 22.7 Å². The maximum absolute atomic E-state index is 12.9. The number of nitrogens with zero attached hydrogens (tertiary/aromatic N) is 3. The maximum atomic E-state index is 12.9. The number of amides is 2. The summed E-state index contributed by atoms with van der Waals surface area (Å²) in [7, 11) is 0. The summed E-state index contributed by atoms with van der Waals surface area (Å²) < 4.78 is 1.97. The third-order valence-corrected chi connectivity index (χ3v) is 6.13. The van der Waals surface area contributed by atoms with Crippen LogP contribution in [0.25, 0.3) is 10.9 Å². The van der Waals surface area contributed by atoms with E-state index >= 15 is 0 Å². The van der Waals surface area contributed by atoms with E-state index in [9.17, 15) is 9.59 Å². The van der Waals surface area contributed by atoms with Crippen molar-refractivity contribution >= 4 is 28.9 Å². The number of hydrogen-bond acceptors (Lipinski definition) is 3. The van der Waals surface area contributed by atoms with Crippen LogP contribution in [-0.4, -0.2) is 27.6 Å². The highest BCUT2D eigenvalue weighted by Gasteiger charge is 2.56. The van der Waals surface area contributed by atoms with E-state index in [1.807, 2.05) is 35.0 Å². The Morgan fingerprint density at radius 1 is 1.11 bits per heavy atom. The van der Waals surface area contributed by atoms with E-state index in [1.54, 1.807) is 6.21 Å². The van der Waals surface area contributed by atoms with Crippen LogP contribution in [0.2, 0.25) is 0 Å². The second kappa shape index (κ2) is 5.95. The number of aromatic nitrogens is 1. The van der Waals surface area contributed by atoms with Gasteiger partial charge < -0.3 is 4.57 Å². The molecule has 27 heavy (non-hydrogen) atoms. The Hall–Kier alpha value is -3.13. The van der Waals surface area contributed by atoms with Gasteiger partial charge in [-0.1, -0.05) is 36.3 Å². The van der Waals surface area contributed by atoms with Crippen molar-refractivity contribution in [3.63, 3.8) is 0 Å². The van der Waals surface area contributed by atoms with Crippen LogP contribution in [-0.2, 0) is 16.1 Å². The molecule has 3 aliphatic carbocycles. The van der Waals surface area contributed by atoms with E-state index in [0.717, 1.165) is 34.3 Å². The molecule has 1 saturated carbocycles. The minimum absolute atomic E-state index is 0.160. The van der Waals surface area contributed by atoms with E-state index in [-0.39, 0.29) is 35.5 Å². The van der Waals surface area contributed by atoms with Gasteiger partial charge in [0.05, 0.1) is 24.6 Å². The normalized spacial score (nSPS) is 29.1. The van der Waals surface area contributed by atoms with Crippen LogP contribution in [0, 0.1) is 36.0 Å². The SMILES string of the molecule is C#CCn1cc(/C=N/N2C(=O)C3C4C=CC(CC4)C3C2=O)c2ccccc21. The molecule has 1 aromatic heterocycles. The zero-order valence-electron chi connectivity index (χ0n) is 14.8. The molecule has 2 amide bonds. The molecule has 0 radical (unpaired) electrons. The van der Waals surface area contributed by atoms with Crippen LogP contribution in [0.4, 0.5) is 0 Å². The molecule has 4 atom stereocenters. The fourth-order valence-electron chi connectivity index (χ4n) is 4.90. The number of benzene rings is 1. The van der Waals surface area contributed by atoms with Crippen molar-refractivity contribution in [1.82, 2.24) is 9.58 Å². The lowest BCUT2D eigenvalue weighted by Gasteiger charge is -2.37. The Labute approximate surface area is 157 Å².